The van der Waals surface area contributed by atoms with E-state index in [9.17, 15) is 29.0 Å². The topological polar surface area (TPSA) is 99.8 Å². The number of pyridine rings is 1. The van der Waals surface area contributed by atoms with Gasteiger partial charge in [-0.25, -0.2) is 9.18 Å². The van der Waals surface area contributed by atoms with Crippen LogP contribution in [-0.4, -0.2) is 38.1 Å². The molecule has 2 N–H and O–H groups in total. The van der Waals surface area contributed by atoms with Crippen LogP contribution in [0.3, 0.4) is 0 Å². The molecule has 1 aliphatic heterocycles. The van der Waals surface area contributed by atoms with Crippen LogP contribution in [0.4, 0.5) is 4.39 Å². The second-order valence-corrected chi connectivity index (χ2v) is 5.93. The van der Waals surface area contributed by atoms with E-state index >= 15 is 0 Å². The fraction of sp³-hybridized carbons (Fsp3) is 0.188. The Kier molecular flexibility index (Phi) is 4.22. The Morgan fingerprint density at radius 3 is 2.60 bits per heavy atom. The summed E-state index contributed by atoms with van der Waals surface area (Å²) in [6.45, 7) is 0.318. The molecule has 1 amide bonds. The van der Waals surface area contributed by atoms with Crippen molar-refractivity contribution in [3.63, 3.8) is 0 Å². The van der Waals surface area contributed by atoms with Crippen molar-refractivity contribution in [3.8, 4) is 5.75 Å². The summed E-state index contributed by atoms with van der Waals surface area (Å²) in [5.74, 6) is -3.44. The lowest BCUT2D eigenvalue weighted by atomic mass is 10.1. The van der Waals surface area contributed by atoms with E-state index in [1.165, 1.54) is 23.1 Å². The molecule has 1 aromatic carbocycles. The summed E-state index contributed by atoms with van der Waals surface area (Å²) in [5, 5.41) is 19.0. The number of carboxylic acid groups (broad SMARTS) is 1. The van der Waals surface area contributed by atoms with Gasteiger partial charge < -0.3 is 19.7 Å². The van der Waals surface area contributed by atoms with Crippen LogP contribution in [0, 0.1) is 5.82 Å². The number of benzene rings is 1. The molecule has 0 spiro atoms. The summed E-state index contributed by atoms with van der Waals surface area (Å²) in [6, 6.07) is 4.79. The molecule has 0 aliphatic carbocycles. The van der Waals surface area contributed by atoms with Gasteiger partial charge in [0.15, 0.2) is 11.4 Å². The molecule has 0 radical (unpaired) electrons. The Balaban J connectivity index is 1.99. The molecule has 2 aromatic rings. The lowest BCUT2D eigenvalue weighted by Crippen LogP contribution is -2.42. The number of hydrogen-bond donors (Lipinski definition) is 2. The van der Waals surface area contributed by atoms with E-state index in [1.807, 2.05) is 0 Å². The molecular weight excluding hydrogens is 355 g/mol. The molecular formula is C16H12ClFN2O5. The Labute approximate surface area is 145 Å². The third kappa shape index (κ3) is 2.96. The van der Waals surface area contributed by atoms with Crippen LogP contribution in [-0.2, 0) is 13.1 Å². The first-order chi connectivity index (χ1) is 11.8. The smallest absolute Gasteiger partial charge is 0.352 e. The summed E-state index contributed by atoms with van der Waals surface area (Å²) in [6.07, 6.45) is 0. The standard InChI is InChI=1S/C16H12ClFN2O5/c17-9-5-8(1-2-10(9)18)7-19-3-4-20-11(16(24)25)6-12(21)14(22)13(20)15(19)23/h1-2,5-6,22H,3-4,7H2,(H,24,25). The van der Waals surface area contributed by atoms with Crippen molar-refractivity contribution in [3.05, 3.63) is 62.3 Å². The molecule has 7 nitrogen and oxygen atoms in total. The van der Waals surface area contributed by atoms with Crippen molar-refractivity contribution in [1.82, 2.24) is 9.47 Å². The Morgan fingerprint density at radius 2 is 1.96 bits per heavy atom. The zero-order valence-electron chi connectivity index (χ0n) is 12.7. The third-order valence-corrected chi connectivity index (χ3v) is 4.24. The molecule has 1 aliphatic rings. The summed E-state index contributed by atoms with van der Waals surface area (Å²) in [5.41, 5.74) is -1.12. The van der Waals surface area contributed by atoms with Gasteiger partial charge in [0.25, 0.3) is 5.91 Å². The van der Waals surface area contributed by atoms with E-state index in [-0.39, 0.29) is 36.0 Å². The average Bonchev–Trinajstić information content (AvgIpc) is 2.56. The maximum atomic E-state index is 13.2. The van der Waals surface area contributed by atoms with E-state index in [0.29, 0.717) is 5.56 Å². The zero-order chi connectivity index (χ0) is 18.3. The van der Waals surface area contributed by atoms with Gasteiger partial charge in [-0.05, 0) is 17.7 Å². The quantitative estimate of drug-likeness (QED) is 0.861. The van der Waals surface area contributed by atoms with Gasteiger partial charge in [0.05, 0.1) is 5.02 Å². The predicted octanol–water partition coefficient (Wildman–Crippen LogP) is 1.70. The minimum Gasteiger partial charge on any atom is -0.503 e. The molecule has 2 heterocycles. The Hall–Kier alpha value is -2.87. The van der Waals surface area contributed by atoms with E-state index in [4.69, 9.17) is 11.6 Å². The molecule has 0 saturated carbocycles. The van der Waals surface area contributed by atoms with Gasteiger partial charge in [-0.3, -0.25) is 9.59 Å². The highest BCUT2D eigenvalue weighted by Crippen LogP contribution is 2.24. The molecule has 3 rings (SSSR count). The molecule has 1 aromatic heterocycles. The van der Waals surface area contributed by atoms with Crippen LogP contribution < -0.4 is 5.43 Å². The lowest BCUT2D eigenvalue weighted by Gasteiger charge is -2.31. The number of hydrogen-bond acceptors (Lipinski definition) is 4. The van der Waals surface area contributed by atoms with Gasteiger partial charge in [0, 0.05) is 25.7 Å². The number of carbonyl (C=O) groups excluding carboxylic acids is 1. The van der Waals surface area contributed by atoms with Crippen molar-refractivity contribution in [2.45, 2.75) is 13.1 Å². The van der Waals surface area contributed by atoms with Crippen molar-refractivity contribution < 1.29 is 24.2 Å². The number of rotatable bonds is 3. The number of amides is 1. The van der Waals surface area contributed by atoms with Gasteiger partial charge in [-0.1, -0.05) is 17.7 Å². The average molecular weight is 367 g/mol. The summed E-state index contributed by atoms with van der Waals surface area (Å²) >= 11 is 5.72. The molecule has 0 saturated heterocycles. The van der Waals surface area contributed by atoms with E-state index in [1.54, 1.807) is 0 Å². The van der Waals surface area contributed by atoms with E-state index < -0.39 is 28.9 Å². The molecule has 130 valence electrons. The van der Waals surface area contributed by atoms with Gasteiger partial charge in [-0.15, -0.1) is 0 Å². The third-order valence-electron chi connectivity index (χ3n) is 3.95. The highest BCUT2D eigenvalue weighted by molar-refractivity contribution is 6.30. The maximum absolute atomic E-state index is 13.2. The minimum atomic E-state index is -1.37. The molecule has 0 bridgehead atoms. The van der Waals surface area contributed by atoms with Gasteiger partial charge in [0.2, 0.25) is 5.43 Å². The van der Waals surface area contributed by atoms with Gasteiger partial charge in [-0.2, -0.15) is 0 Å². The van der Waals surface area contributed by atoms with Crippen molar-refractivity contribution in [1.29, 1.82) is 0 Å². The summed E-state index contributed by atoms with van der Waals surface area (Å²) in [4.78, 5) is 37.0. The number of fused-ring (bicyclic) bond motifs is 1. The number of carboxylic acids is 1. The van der Waals surface area contributed by atoms with Crippen molar-refractivity contribution in [2.75, 3.05) is 6.54 Å². The van der Waals surface area contributed by atoms with Crippen LogP contribution in [0.5, 0.6) is 5.75 Å². The number of aromatic nitrogens is 1. The van der Waals surface area contributed by atoms with Crippen molar-refractivity contribution in [2.24, 2.45) is 0 Å². The summed E-state index contributed by atoms with van der Waals surface area (Å²) in [7, 11) is 0. The van der Waals surface area contributed by atoms with Crippen LogP contribution in [0.25, 0.3) is 0 Å². The molecule has 9 heteroatoms. The number of aromatic hydroxyl groups is 1. The predicted molar refractivity (Wildman–Crippen MR) is 85.5 cm³/mol. The normalized spacial score (nSPS) is 13.7. The molecule has 25 heavy (non-hydrogen) atoms. The fourth-order valence-electron chi connectivity index (χ4n) is 2.74. The second-order valence-electron chi connectivity index (χ2n) is 5.52. The number of halogens is 2. The van der Waals surface area contributed by atoms with Crippen LogP contribution in [0.15, 0.2) is 29.1 Å². The van der Waals surface area contributed by atoms with Crippen LogP contribution in [0.1, 0.15) is 26.5 Å². The first-order valence-electron chi connectivity index (χ1n) is 7.23. The van der Waals surface area contributed by atoms with Crippen LogP contribution in [0.2, 0.25) is 5.02 Å². The number of carbonyl (C=O) groups is 2. The van der Waals surface area contributed by atoms with Crippen molar-refractivity contribution >= 4 is 23.5 Å². The zero-order valence-corrected chi connectivity index (χ0v) is 13.5. The highest BCUT2D eigenvalue weighted by atomic mass is 35.5. The second kappa shape index (κ2) is 6.21. The SMILES string of the molecule is O=C(O)c1cc(=O)c(O)c2n1CCN(Cc1ccc(F)c(Cl)c1)C2=O. The maximum Gasteiger partial charge on any atom is 0.352 e. The van der Waals surface area contributed by atoms with Crippen LogP contribution >= 0.6 is 11.6 Å². The monoisotopic (exact) mass is 366 g/mol. The first kappa shape index (κ1) is 17.0. The largest absolute Gasteiger partial charge is 0.503 e. The van der Waals surface area contributed by atoms with E-state index in [2.05, 4.69) is 0 Å². The molecule has 0 unspecified atom stereocenters. The first-order valence-corrected chi connectivity index (χ1v) is 7.60. The minimum absolute atomic E-state index is 0.0732. The van der Waals surface area contributed by atoms with Gasteiger partial charge in [0.1, 0.15) is 11.5 Å². The Morgan fingerprint density at radius 1 is 1.24 bits per heavy atom. The van der Waals surface area contributed by atoms with E-state index in [0.717, 1.165) is 10.6 Å². The lowest BCUT2D eigenvalue weighted by molar-refractivity contribution is 0.0650. The number of nitrogens with zero attached hydrogens (tertiary/aromatic N) is 2. The van der Waals surface area contributed by atoms with Gasteiger partial charge >= 0.3 is 5.97 Å². The number of aromatic carboxylic acids is 1. The highest BCUT2D eigenvalue weighted by Gasteiger charge is 2.31. The Bertz CT molecular complexity index is 956. The molecule has 0 atom stereocenters. The molecule has 0 fully saturated rings. The summed E-state index contributed by atoms with van der Waals surface area (Å²) < 4.78 is 14.3. The fourth-order valence-corrected chi connectivity index (χ4v) is 2.95.